The Balaban J connectivity index is 1.69. The van der Waals surface area contributed by atoms with Gasteiger partial charge in [0.15, 0.2) is 0 Å². The third kappa shape index (κ3) is 5.46. The van der Waals surface area contributed by atoms with Crippen molar-refractivity contribution in [3.63, 3.8) is 0 Å². The zero-order valence-electron chi connectivity index (χ0n) is 14.9. The first-order chi connectivity index (χ1) is 12.8. The Morgan fingerprint density at radius 1 is 1.33 bits per heavy atom. The van der Waals surface area contributed by atoms with E-state index in [1.54, 1.807) is 25.1 Å². The van der Waals surface area contributed by atoms with E-state index in [2.05, 4.69) is 22.1 Å². The molecule has 27 heavy (non-hydrogen) atoms. The average molecular weight is 403 g/mol. The lowest BCUT2D eigenvalue weighted by Gasteiger charge is -2.33. The highest BCUT2D eigenvalue weighted by Crippen LogP contribution is 2.28. The second-order valence-electron chi connectivity index (χ2n) is 6.88. The van der Waals surface area contributed by atoms with Crippen molar-refractivity contribution in [2.45, 2.75) is 44.2 Å². The lowest BCUT2D eigenvalue weighted by atomic mass is 9.82. The van der Waals surface area contributed by atoms with Gasteiger partial charge < -0.3 is 10.4 Å². The normalized spacial score (nSPS) is 21.9. The Kier molecular flexibility index (Phi) is 6.06. The van der Waals surface area contributed by atoms with Crippen LogP contribution in [0.2, 0.25) is 10.2 Å². The second-order valence-corrected chi connectivity index (χ2v) is 7.70. The molecule has 0 saturated heterocycles. The van der Waals surface area contributed by atoms with Gasteiger partial charge in [0.25, 0.3) is 5.91 Å². The van der Waals surface area contributed by atoms with E-state index in [0.717, 1.165) is 18.4 Å². The van der Waals surface area contributed by atoms with Gasteiger partial charge in [-0.25, -0.2) is 4.98 Å². The fourth-order valence-electron chi connectivity index (χ4n) is 3.27. The van der Waals surface area contributed by atoms with Gasteiger partial charge in [0.05, 0.1) is 0 Å². The number of aliphatic hydroxyl groups is 1. The van der Waals surface area contributed by atoms with Crippen LogP contribution in [0, 0.1) is 18.8 Å². The topological polar surface area (TPSA) is 62.2 Å². The van der Waals surface area contributed by atoms with Crippen molar-refractivity contribution in [1.82, 2.24) is 10.3 Å². The highest BCUT2D eigenvalue weighted by molar-refractivity contribution is 6.30. The summed E-state index contributed by atoms with van der Waals surface area (Å²) < 4.78 is 0. The van der Waals surface area contributed by atoms with Crippen LogP contribution in [0.1, 0.15) is 47.3 Å². The predicted molar refractivity (Wildman–Crippen MR) is 107 cm³/mol. The van der Waals surface area contributed by atoms with Crippen molar-refractivity contribution in [3.05, 3.63) is 63.4 Å². The summed E-state index contributed by atoms with van der Waals surface area (Å²) in [5.74, 6) is 5.74. The average Bonchev–Trinajstić information content (AvgIpc) is 2.59. The van der Waals surface area contributed by atoms with Crippen LogP contribution in [-0.4, -0.2) is 27.6 Å². The van der Waals surface area contributed by atoms with Crippen LogP contribution in [0.3, 0.4) is 0 Å². The lowest BCUT2D eigenvalue weighted by molar-refractivity contribution is 0.0452. The first kappa shape index (κ1) is 19.7. The van der Waals surface area contributed by atoms with Gasteiger partial charge in [-0.05, 0) is 56.5 Å². The van der Waals surface area contributed by atoms with E-state index < -0.39 is 5.60 Å². The zero-order valence-corrected chi connectivity index (χ0v) is 16.4. The van der Waals surface area contributed by atoms with Crippen LogP contribution in [0.4, 0.5) is 0 Å². The Labute approximate surface area is 168 Å². The molecule has 1 heterocycles. The number of halogens is 2. The molecule has 2 aromatic rings. The van der Waals surface area contributed by atoms with Gasteiger partial charge in [-0.2, -0.15) is 0 Å². The van der Waals surface area contributed by atoms with Gasteiger partial charge >= 0.3 is 0 Å². The van der Waals surface area contributed by atoms with E-state index in [-0.39, 0.29) is 17.1 Å². The lowest BCUT2D eigenvalue weighted by Crippen LogP contribution is -2.45. The molecule has 1 aliphatic carbocycles. The van der Waals surface area contributed by atoms with Crippen LogP contribution in [0.15, 0.2) is 36.4 Å². The Morgan fingerprint density at radius 2 is 2.15 bits per heavy atom. The number of aromatic nitrogens is 1. The van der Waals surface area contributed by atoms with Gasteiger partial charge in [0.2, 0.25) is 0 Å². The summed E-state index contributed by atoms with van der Waals surface area (Å²) in [5.41, 5.74) is 0.764. The highest BCUT2D eigenvalue weighted by atomic mass is 35.5. The molecule has 1 aliphatic rings. The molecule has 0 radical (unpaired) electrons. The molecule has 1 fully saturated rings. The molecule has 1 amide bonds. The quantitative estimate of drug-likeness (QED) is 0.585. The number of amides is 1. The molecule has 1 aromatic carbocycles. The number of carbonyl (C=O) groups is 1. The van der Waals surface area contributed by atoms with Crippen molar-refractivity contribution in [1.29, 1.82) is 0 Å². The summed E-state index contributed by atoms with van der Waals surface area (Å²) in [4.78, 5) is 16.6. The molecule has 1 aromatic heterocycles. The summed E-state index contributed by atoms with van der Waals surface area (Å²) in [6, 6.07) is 10.3. The Bertz CT molecular complexity index is 900. The zero-order chi connectivity index (χ0) is 19.4. The molecule has 2 atom stereocenters. The van der Waals surface area contributed by atoms with E-state index in [1.807, 2.05) is 12.1 Å². The maximum absolute atomic E-state index is 12.5. The van der Waals surface area contributed by atoms with Crippen molar-refractivity contribution < 1.29 is 9.90 Å². The number of aryl methyl sites for hydroxylation is 1. The molecule has 0 bridgehead atoms. The van der Waals surface area contributed by atoms with Crippen LogP contribution < -0.4 is 5.32 Å². The summed E-state index contributed by atoms with van der Waals surface area (Å²) in [6.45, 7) is 1.79. The van der Waals surface area contributed by atoms with Gasteiger partial charge in [0, 0.05) is 34.3 Å². The smallest absolute Gasteiger partial charge is 0.251 e. The minimum Gasteiger partial charge on any atom is -0.378 e. The van der Waals surface area contributed by atoms with Crippen molar-refractivity contribution in [2.75, 3.05) is 0 Å². The van der Waals surface area contributed by atoms with Crippen LogP contribution in [0.5, 0.6) is 0 Å². The fraction of sp³-hybridized carbons (Fsp3) is 0.333. The predicted octanol–water partition coefficient (Wildman–Crippen LogP) is 4.15. The molecular formula is C21H20Cl2N2O2. The number of hydrogen-bond acceptors (Lipinski definition) is 3. The molecule has 2 N–H and O–H groups in total. The third-order valence-electron chi connectivity index (χ3n) is 4.51. The van der Waals surface area contributed by atoms with E-state index >= 15 is 0 Å². The SMILES string of the molecule is Cc1cc(C(=O)N[C@H]2CCCC(O)(C#Cc3cccc(Cl)c3)C2)cc(Cl)n1. The van der Waals surface area contributed by atoms with Crippen molar-refractivity contribution >= 4 is 29.1 Å². The fourth-order valence-corrected chi connectivity index (χ4v) is 3.71. The van der Waals surface area contributed by atoms with Gasteiger partial charge in [-0.15, -0.1) is 0 Å². The van der Waals surface area contributed by atoms with Crippen molar-refractivity contribution in [3.8, 4) is 11.8 Å². The molecule has 4 nitrogen and oxygen atoms in total. The number of nitrogens with zero attached hydrogens (tertiary/aromatic N) is 1. The molecule has 6 heteroatoms. The Morgan fingerprint density at radius 3 is 2.89 bits per heavy atom. The maximum atomic E-state index is 12.5. The third-order valence-corrected chi connectivity index (χ3v) is 4.94. The molecule has 1 unspecified atom stereocenters. The number of carbonyl (C=O) groups excluding carboxylic acids is 1. The van der Waals surface area contributed by atoms with E-state index in [9.17, 15) is 9.90 Å². The van der Waals surface area contributed by atoms with Gasteiger partial charge in [0.1, 0.15) is 10.8 Å². The van der Waals surface area contributed by atoms with Gasteiger partial charge in [-0.3, -0.25) is 4.79 Å². The summed E-state index contributed by atoms with van der Waals surface area (Å²) in [7, 11) is 0. The second kappa shape index (κ2) is 8.31. The largest absolute Gasteiger partial charge is 0.378 e. The molecule has 0 spiro atoms. The van der Waals surface area contributed by atoms with Crippen LogP contribution in [0.25, 0.3) is 0 Å². The van der Waals surface area contributed by atoms with E-state index in [1.165, 1.54) is 6.07 Å². The first-order valence-corrected chi connectivity index (χ1v) is 9.55. The molecule has 140 valence electrons. The van der Waals surface area contributed by atoms with E-state index in [4.69, 9.17) is 23.2 Å². The number of nitrogens with one attached hydrogen (secondary N) is 1. The molecule has 1 saturated carbocycles. The number of rotatable bonds is 2. The number of benzene rings is 1. The van der Waals surface area contributed by atoms with Crippen molar-refractivity contribution in [2.24, 2.45) is 0 Å². The first-order valence-electron chi connectivity index (χ1n) is 8.79. The minimum absolute atomic E-state index is 0.155. The summed E-state index contributed by atoms with van der Waals surface area (Å²) in [5, 5.41) is 14.7. The van der Waals surface area contributed by atoms with Gasteiger partial charge in [-0.1, -0.05) is 41.1 Å². The summed E-state index contributed by atoms with van der Waals surface area (Å²) in [6.07, 6.45) is 2.53. The van der Waals surface area contributed by atoms with E-state index in [0.29, 0.717) is 29.1 Å². The molecular weight excluding hydrogens is 383 g/mol. The number of hydrogen-bond donors (Lipinski definition) is 2. The highest BCUT2D eigenvalue weighted by Gasteiger charge is 2.33. The van der Waals surface area contributed by atoms with Crippen LogP contribution >= 0.6 is 23.2 Å². The standard InChI is InChI=1S/C21H20Cl2N2O2/c1-14-10-16(12-19(23)24-14)20(26)25-18-6-3-8-21(27,13-18)9-7-15-4-2-5-17(22)11-15/h2,4-5,10-12,18,27H,3,6,8,13H2,1H3,(H,25,26)/t18-,21?/m0/s1. The maximum Gasteiger partial charge on any atom is 0.251 e. The minimum atomic E-state index is -1.13. The van der Waals surface area contributed by atoms with Crippen LogP contribution in [-0.2, 0) is 0 Å². The summed E-state index contributed by atoms with van der Waals surface area (Å²) >= 11 is 11.9. The molecule has 0 aliphatic heterocycles. The monoisotopic (exact) mass is 402 g/mol. The Hall–Kier alpha value is -2.06. The number of pyridine rings is 1. The molecule has 3 rings (SSSR count).